The number of carbonyl (C=O) groups excluding carboxylic acids is 1. The van der Waals surface area contributed by atoms with Crippen LogP contribution in [0.15, 0.2) is 30.3 Å². The van der Waals surface area contributed by atoms with Crippen molar-refractivity contribution in [2.24, 2.45) is 5.92 Å². The van der Waals surface area contributed by atoms with Crippen LogP contribution in [0.25, 0.3) is 0 Å². The van der Waals surface area contributed by atoms with Gasteiger partial charge in [-0.3, -0.25) is 4.79 Å². The summed E-state index contributed by atoms with van der Waals surface area (Å²) in [6, 6.07) is 9.60. The van der Waals surface area contributed by atoms with E-state index in [1.807, 2.05) is 37.3 Å². The molecule has 0 radical (unpaired) electrons. The van der Waals surface area contributed by atoms with Crippen molar-refractivity contribution in [3.05, 3.63) is 30.3 Å². The van der Waals surface area contributed by atoms with Crippen LogP contribution in [0.2, 0.25) is 0 Å². The molecule has 2 atom stereocenters. The maximum atomic E-state index is 11.3. The molecule has 2 unspecified atom stereocenters. The summed E-state index contributed by atoms with van der Waals surface area (Å²) in [4.78, 5) is 11.3. The normalized spacial score (nSPS) is 22.0. The van der Waals surface area contributed by atoms with Crippen molar-refractivity contribution >= 4 is 5.97 Å². The van der Waals surface area contributed by atoms with Crippen LogP contribution in [0.1, 0.15) is 47.0 Å². The van der Waals surface area contributed by atoms with Gasteiger partial charge in [0.2, 0.25) is 0 Å². The zero-order chi connectivity index (χ0) is 17.1. The third-order valence-corrected chi connectivity index (χ3v) is 3.54. The van der Waals surface area contributed by atoms with Gasteiger partial charge in [-0.2, -0.15) is 0 Å². The zero-order valence-corrected chi connectivity index (χ0v) is 14.8. The van der Waals surface area contributed by atoms with Crippen molar-refractivity contribution in [3.63, 3.8) is 0 Å². The summed E-state index contributed by atoms with van der Waals surface area (Å²) < 4.78 is 16.5. The minimum Gasteiger partial charge on any atom is -0.488 e. The molecule has 23 heavy (non-hydrogen) atoms. The first-order valence-electron chi connectivity index (χ1n) is 8.50. The summed E-state index contributed by atoms with van der Waals surface area (Å²) in [5.41, 5.74) is 0. The smallest absolute Gasteiger partial charge is 0.308 e. The molecule has 1 aromatic carbocycles. The van der Waals surface area contributed by atoms with Crippen molar-refractivity contribution in [1.29, 1.82) is 0 Å². The van der Waals surface area contributed by atoms with Gasteiger partial charge in [0.1, 0.15) is 18.0 Å². The quantitative estimate of drug-likeness (QED) is 0.781. The van der Waals surface area contributed by atoms with Crippen LogP contribution in [0.3, 0.4) is 0 Å². The third kappa shape index (κ3) is 9.24. The Bertz CT molecular complexity index is 430. The molecule has 1 aliphatic heterocycles. The lowest BCUT2D eigenvalue weighted by Gasteiger charge is -2.21. The van der Waals surface area contributed by atoms with Gasteiger partial charge < -0.3 is 14.2 Å². The van der Waals surface area contributed by atoms with Gasteiger partial charge in [-0.05, 0) is 25.0 Å². The van der Waals surface area contributed by atoms with Gasteiger partial charge in [0.05, 0.1) is 19.6 Å². The van der Waals surface area contributed by atoms with Gasteiger partial charge >= 0.3 is 5.97 Å². The Morgan fingerprint density at radius 2 is 1.91 bits per heavy atom. The molecule has 4 nitrogen and oxygen atoms in total. The van der Waals surface area contributed by atoms with E-state index in [0.29, 0.717) is 26.1 Å². The molecule has 0 spiro atoms. The van der Waals surface area contributed by atoms with E-state index in [1.165, 1.54) is 6.42 Å². The minimum atomic E-state index is -0.206. The van der Waals surface area contributed by atoms with Crippen LogP contribution >= 0.6 is 0 Å². The molecule has 1 aromatic rings. The monoisotopic (exact) mass is 322 g/mol. The second-order valence-electron chi connectivity index (χ2n) is 6.22. The molecular formula is C19H30O4. The van der Waals surface area contributed by atoms with Crippen molar-refractivity contribution < 1.29 is 19.0 Å². The summed E-state index contributed by atoms with van der Waals surface area (Å²) >= 11 is 0. The van der Waals surface area contributed by atoms with Crippen LogP contribution in [0, 0.1) is 5.92 Å². The number of benzene rings is 1. The van der Waals surface area contributed by atoms with Crippen LogP contribution in [0.5, 0.6) is 5.75 Å². The van der Waals surface area contributed by atoms with Gasteiger partial charge in [0.25, 0.3) is 0 Å². The topological polar surface area (TPSA) is 44.8 Å². The van der Waals surface area contributed by atoms with Crippen molar-refractivity contribution in [2.45, 2.75) is 59.2 Å². The first-order chi connectivity index (χ1) is 11.0. The number of esters is 1. The maximum Gasteiger partial charge on any atom is 0.308 e. The van der Waals surface area contributed by atoms with Crippen LogP contribution < -0.4 is 4.74 Å². The molecule has 130 valence electrons. The van der Waals surface area contributed by atoms with Crippen LogP contribution in [-0.4, -0.2) is 31.4 Å². The molecule has 1 heterocycles. The summed E-state index contributed by atoms with van der Waals surface area (Å²) in [6.45, 7) is 9.39. The van der Waals surface area contributed by atoms with E-state index in [4.69, 9.17) is 14.2 Å². The lowest BCUT2D eigenvalue weighted by atomic mass is 10.2. The lowest BCUT2D eigenvalue weighted by molar-refractivity contribution is -0.149. The third-order valence-electron chi connectivity index (χ3n) is 3.54. The van der Waals surface area contributed by atoms with E-state index in [2.05, 4.69) is 20.8 Å². The number of hydrogen-bond donors (Lipinski definition) is 0. The molecule has 0 N–H and O–H groups in total. The fourth-order valence-electron chi connectivity index (χ4n) is 1.91. The Morgan fingerprint density at radius 1 is 1.26 bits per heavy atom. The van der Waals surface area contributed by atoms with E-state index >= 15 is 0 Å². The Labute approximate surface area is 140 Å². The first kappa shape index (κ1) is 19.5. The lowest BCUT2D eigenvalue weighted by Crippen LogP contribution is -2.27. The van der Waals surface area contributed by atoms with Gasteiger partial charge in [-0.1, -0.05) is 45.4 Å². The van der Waals surface area contributed by atoms with E-state index in [9.17, 15) is 4.79 Å². The number of rotatable bonds is 3. The SMILES string of the molecule is CC1CC(Oc2ccccc2)COCCC(=O)O1.CCC(C)C. The number of cyclic esters (lactones) is 1. The Morgan fingerprint density at radius 3 is 2.52 bits per heavy atom. The largest absolute Gasteiger partial charge is 0.488 e. The fraction of sp³-hybridized carbons (Fsp3) is 0.632. The summed E-state index contributed by atoms with van der Waals surface area (Å²) in [6.07, 6.45) is 2.02. The highest BCUT2D eigenvalue weighted by Gasteiger charge is 2.20. The summed E-state index contributed by atoms with van der Waals surface area (Å²) in [5, 5.41) is 0. The Balaban J connectivity index is 0.000000463. The van der Waals surface area contributed by atoms with Gasteiger partial charge in [-0.25, -0.2) is 0 Å². The van der Waals surface area contributed by atoms with Gasteiger partial charge in [-0.15, -0.1) is 0 Å². The van der Waals surface area contributed by atoms with E-state index in [-0.39, 0.29) is 18.2 Å². The molecule has 0 aliphatic carbocycles. The molecule has 0 saturated carbocycles. The number of hydrogen-bond acceptors (Lipinski definition) is 4. The van der Waals surface area contributed by atoms with Gasteiger partial charge in [0.15, 0.2) is 0 Å². The Hall–Kier alpha value is -1.55. The summed E-state index contributed by atoms with van der Waals surface area (Å²) in [7, 11) is 0. The first-order valence-corrected chi connectivity index (χ1v) is 8.50. The molecule has 0 amide bonds. The van der Waals surface area contributed by atoms with Crippen molar-refractivity contribution in [1.82, 2.24) is 0 Å². The zero-order valence-electron chi connectivity index (χ0n) is 14.8. The average Bonchev–Trinajstić information content (AvgIpc) is 2.59. The number of ether oxygens (including phenoxy) is 3. The maximum absolute atomic E-state index is 11.3. The molecule has 1 fully saturated rings. The number of carbonyl (C=O) groups is 1. The Kier molecular flexibility index (Phi) is 9.37. The standard InChI is InChI=1S/C14H18O4.C5H12/c1-11-9-13(10-16-8-7-14(15)17-11)18-12-5-3-2-4-6-12;1-4-5(2)3/h2-6,11,13H,7-10H2,1H3;5H,4H2,1-3H3. The second-order valence-corrected chi connectivity index (χ2v) is 6.22. The molecular weight excluding hydrogens is 292 g/mol. The van der Waals surface area contributed by atoms with Crippen molar-refractivity contribution in [2.75, 3.05) is 13.2 Å². The minimum absolute atomic E-state index is 0.0895. The molecule has 2 rings (SSSR count). The number of para-hydroxylation sites is 1. The molecule has 1 aliphatic rings. The average molecular weight is 322 g/mol. The van der Waals surface area contributed by atoms with Crippen LogP contribution in [-0.2, 0) is 14.3 Å². The summed E-state index contributed by atoms with van der Waals surface area (Å²) in [5.74, 6) is 1.49. The fourth-order valence-corrected chi connectivity index (χ4v) is 1.91. The molecule has 0 aromatic heterocycles. The van der Waals surface area contributed by atoms with E-state index < -0.39 is 0 Å². The van der Waals surface area contributed by atoms with E-state index in [0.717, 1.165) is 11.7 Å². The highest BCUT2D eigenvalue weighted by molar-refractivity contribution is 5.69. The second kappa shape index (κ2) is 11.1. The molecule has 1 saturated heterocycles. The van der Waals surface area contributed by atoms with E-state index in [1.54, 1.807) is 0 Å². The highest BCUT2D eigenvalue weighted by atomic mass is 16.6. The highest BCUT2D eigenvalue weighted by Crippen LogP contribution is 2.16. The predicted octanol–water partition coefficient (Wildman–Crippen LogP) is 4.23. The van der Waals surface area contributed by atoms with Crippen LogP contribution in [0.4, 0.5) is 0 Å². The van der Waals surface area contributed by atoms with Crippen molar-refractivity contribution in [3.8, 4) is 5.75 Å². The predicted molar refractivity (Wildman–Crippen MR) is 91.6 cm³/mol. The molecule has 4 heteroatoms. The van der Waals surface area contributed by atoms with Gasteiger partial charge in [0, 0.05) is 6.42 Å². The molecule has 0 bridgehead atoms.